The van der Waals surface area contributed by atoms with Gasteiger partial charge in [0.25, 0.3) is 5.72 Å². The van der Waals surface area contributed by atoms with Gasteiger partial charge in [-0.05, 0) is 13.8 Å². The van der Waals surface area contributed by atoms with Gasteiger partial charge in [0.1, 0.15) is 11.4 Å². The minimum absolute atomic E-state index is 0.0117. The summed E-state index contributed by atoms with van der Waals surface area (Å²) in [6.07, 6.45) is -5.12. The van der Waals surface area contributed by atoms with Gasteiger partial charge in [-0.25, -0.2) is 0 Å². The Balaban J connectivity index is 2.23. The minimum atomic E-state index is -5.07. The van der Waals surface area contributed by atoms with Gasteiger partial charge >= 0.3 is 11.9 Å². The van der Waals surface area contributed by atoms with Crippen LogP contribution in [-0.2, 0) is 11.3 Å². The van der Waals surface area contributed by atoms with Gasteiger partial charge in [-0.3, -0.25) is 19.6 Å². The molecule has 0 fully saturated rings. The van der Waals surface area contributed by atoms with E-state index in [0.29, 0.717) is 0 Å². The molecule has 1 aliphatic heterocycles. The standard InChI is InChI=1S/C13H16F3N5O4/c1-7(6-19-9(3)10(21(24)25)8(2)18-19)11(22)20-12(23,4-5-17-20)13(14,15)16/h5,7,23H,4,6H2,1-3H3/t7-,12-/m0/s1. The number of carbonyl (C=O) groups excluding carboxylic acids is 1. The van der Waals surface area contributed by atoms with E-state index >= 15 is 0 Å². The maximum atomic E-state index is 13.0. The van der Waals surface area contributed by atoms with Crippen LogP contribution < -0.4 is 0 Å². The summed E-state index contributed by atoms with van der Waals surface area (Å²) >= 11 is 0. The van der Waals surface area contributed by atoms with Crippen LogP contribution in [0.25, 0.3) is 0 Å². The predicted octanol–water partition coefficient (Wildman–Crippen LogP) is 1.51. The van der Waals surface area contributed by atoms with Crippen molar-refractivity contribution in [3.05, 3.63) is 21.5 Å². The Hall–Kier alpha value is -2.50. The number of nitro groups is 1. The van der Waals surface area contributed by atoms with E-state index in [1.165, 1.54) is 25.5 Å². The zero-order chi connectivity index (χ0) is 19.2. The first-order valence-corrected chi connectivity index (χ1v) is 7.24. The Morgan fingerprint density at radius 1 is 1.52 bits per heavy atom. The zero-order valence-electron chi connectivity index (χ0n) is 13.6. The summed E-state index contributed by atoms with van der Waals surface area (Å²) in [5.74, 6) is -2.12. The largest absolute Gasteiger partial charge is 0.438 e. The highest BCUT2D eigenvalue weighted by molar-refractivity contribution is 5.82. The van der Waals surface area contributed by atoms with Crippen molar-refractivity contribution in [1.29, 1.82) is 0 Å². The lowest BCUT2D eigenvalue weighted by molar-refractivity contribution is -0.386. The molecule has 138 valence electrons. The molecular formula is C13H16F3N5O4. The number of rotatable bonds is 4. The van der Waals surface area contributed by atoms with E-state index < -0.39 is 35.1 Å². The summed E-state index contributed by atoms with van der Waals surface area (Å²) in [6, 6.07) is 0. The third-order valence-corrected chi connectivity index (χ3v) is 3.98. The van der Waals surface area contributed by atoms with Crippen LogP contribution in [0, 0.1) is 29.9 Å². The molecule has 0 aromatic carbocycles. The lowest BCUT2D eigenvalue weighted by atomic mass is 10.1. The third-order valence-electron chi connectivity index (χ3n) is 3.98. The highest BCUT2D eigenvalue weighted by Crippen LogP contribution is 2.39. The minimum Gasteiger partial charge on any atom is -0.362 e. The monoisotopic (exact) mass is 363 g/mol. The van der Waals surface area contributed by atoms with Gasteiger partial charge in [0, 0.05) is 12.6 Å². The maximum Gasteiger partial charge on any atom is 0.438 e. The van der Waals surface area contributed by atoms with Crippen LogP contribution in [0.4, 0.5) is 18.9 Å². The van der Waals surface area contributed by atoms with Crippen LogP contribution in [0.3, 0.4) is 0 Å². The lowest BCUT2D eigenvalue weighted by Crippen LogP contribution is -2.57. The summed E-state index contributed by atoms with van der Waals surface area (Å²) in [7, 11) is 0. The SMILES string of the molecule is Cc1nn(C[C@H](C)C(=O)N2N=CC[C@]2(O)C(F)(F)F)c(C)c1[N+](=O)[O-]. The fourth-order valence-electron chi connectivity index (χ4n) is 2.58. The smallest absolute Gasteiger partial charge is 0.362 e. The number of carbonyl (C=O) groups is 1. The Kier molecular flexibility index (Phi) is 4.59. The van der Waals surface area contributed by atoms with Crippen molar-refractivity contribution in [2.45, 2.75) is 45.6 Å². The summed E-state index contributed by atoms with van der Waals surface area (Å²) in [6.45, 7) is 3.98. The van der Waals surface area contributed by atoms with Gasteiger partial charge in [-0.15, -0.1) is 0 Å². The molecule has 2 atom stereocenters. The topological polar surface area (TPSA) is 114 Å². The van der Waals surface area contributed by atoms with Crippen molar-refractivity contribution < 1.29 is 28.0 Å². The molecule has 0 spiro atoms. The molecule has 1 aromatic rings. The Labute approximate surface area is 139 Å². The predicted molar refractivity (Wildman–Crippen MR) is 78.5 cm³/mol. The molecule has 1 aliphatic rings. The quantitative estimate of drug-likeness (QED) is 0.643. The molecule has 2 heterocycles. The number of alkyl halides is 3. The van der Waals surface area contributed by atoms with Crippen molar-refractivity contribution >= 4 is 17.8 Å². The average Bonchev–Trinajstić information content (AvgIpc) is 2.99. The second-order valence-corrected chi connectivity index (χ2v) is 5.83. The number of halogens is 3. The fourth-order valence-corrected chi connectivity index (χ4v) is 2.58. The average molecular weight is 363 g/mol. The second-order valence-electron chi connectivity index (χ2n) is 5.83. The second kappa shape index (κ2) is 6.10. The first kappa shape index (κ1) is 18.8. The summed E-state index contributed by atoms with van der Waals surface area (Å²) < 4.78 is 40.3. The van der Waals surface area contributed by atoms with E-state index in [1.807, 2.05) is 0 Å². The van der Waals surface area contributed by atoms with Gasteiger partial charge in [-0.2, -0.15) is 28.4 Å². The Morgan fingerprint density at radius 2 is 2.12 bits per heavy atom. The van der Waals surface area contributed by atoms with E-state index in [-0.39, 0.29) is 28.6 Å². The van der Waals surface area contributed by atoms with E-state index in [4.69, 9.17) is 0 Å². The van der Waals surface area contributed by atoms with Gasteiger partial charge in [0.2, 0.25) is 5.91 Å². The molecule has 0 bridgehead atoms. The molecule has 25 heavy (non-hydrogen) atoms. The molecule has 1 N–H and O–H groups in total. The number of nitrogens with zero attached hydrogens (tertiary/aromatic N) is 5. The highest BCUT2D eigenvalue weighted by atomic mass is 19.4. The summed E-state index contributed by atoms with van der Waals surface area (Å²) in [5.41, 5.74) is -3.30. The Bertz CT molecular complexity index is 745. The zero-order valence-corrected chi connectivity index (χ0v) is 13.6. The fraction of sp³-hybridized carbons (Fsp3) is 0.615. The van der Waals surface area contributed by atoms with Crippen molar-refractivity contribution in [3.63, 3.8) is 0 Å². The molecule has 0 saturated heterocycles. The van der Waals surface area contributed by atoms with Crippen LogP contribution in [0.1, 0.15) is 24.7 Å². The molecule has 0 radical (unpaired) electrons. The summed E-state index contributed by atoms with van der Waals surface area (Å²) in [5, 5.41) is 28.1. The molecule has 1 aromatic heterocycles. The third kappa shape index (κ3) is 3.08. The molecule has 0 unspecified atom stereocenters. The van der Waals surface area contributed by atoms with Crippen LogP contribution in [0.2, 0.25) is 0 Å². The number of aliphatic hydroxyl groups is 1. The van der Waals surface area contributed by atoms with E-state index in [0.717, 1.165) is 6.21 Å². The van der Waals surface area contributed by atoms with Gasteiger partial charge in [0.05, 0.1) is 17.4 Å². The van der Waals surface area contributed by atoms with Crippen molar-refractivity contribution in [1.82, 2.24) is 14.8 Å². The molecule has 1 amide bonds. The molecule has 9 nitrogen and oxygen atoms in total. The molecule has 0 aliphatic carbocycles. The number of amides is 1. The van der Waals surface area contributed by atoms with Crippen molar-refractivity contribution in [2.24, 2.45) is 11.0 Å². The first-order chi connectivity index (χ1) is 11.4. The normalized spacial score (nSPS) is 21.6. The van der Waals surface area contributed by atoms with Crippen molar-refractivity contribution in [3.8, 4) is 0 Å². The highest BCUT2D eigenvalue weighted by Gasteiger charge is 2.61. The maximum absolute atomic E-state index is 13.0. The number of aromatic nitrogens is 2. The molecule has 2 rings (SSSR count). The van der Waals surface area contributed by atoms with E-state index in [9.17, 15) is 33.2 Å². The van der Waals surface area contributed by atoms with Gasteiger partial charge < -0.3 is 5.11 Å². The lowest BCUT2D eigenvalue weighted by Gasteiger charge is -2.33. The Morgan fingerprint density at radius 3 is 2.60 bits per heavy atom. The van der Waals surface area contributed by atoms with Crippen LogP contribution in [-0.4, -0.2) is 48.8 Å². The number of hydrazone groups is 1. The molecule has 0 saturated carbocycles. The van der Waals surface area contributed by atoms with Gasteiger partial charge in [-0.1, -0.05) is 6.92 Å². The summed E-state index contributed by atoms with van der Waals surface area (Å²) in [4.78, 5) is 22.7. The number of hydrogen-bond donors (Lipinski definition) is 1. The first-order valence-electron chi connectivity index (χ1n) is 7.24. The number of hydrogen-bond acceptors (Lipinski definition) is 6. The van der Waals surface area contributed by atoms with Gasteiger partial charge in [0.15, 0.2) is 0 Å². The van der Waals surface area contributed by atoms with Crippen molar-refractivity contribution in [2.75, 3.05) is 0 Å². The van der Waals surface area contributed by atoms with Crippen LogP contribution in [0.5, 0.6) is 0 Å². The molecular weight excluding hydrogens is 347 g/mol. The van der Waals surface area contributed by atoms with Crippen LogP contribution in [0.15, 0.2) is 5.10 Å². The van der Waals surface area contributed by atoms with E-state index in [1.54, 1.807) is 0 Å². The van der Waals surface area contributed by atoms with E-state index in [2.05, 4.69) is 10.2 Å². The molecule has 12 heteroatoms. The number of aryl methyl sites for hydroxylation is 1. The van der Waals surface area contributed by atoms with Crippen LogP contribution >= 0.6 is 0 Å².